The second-order valence-corrected chi connectivity index (χ2v) is 6.72. The average Bonchev–Trinajstić information content (AvgIpc) is 3.06. The first-order chi connectivity index (χ1) is 12.0. The molecule has 8 heteroatoms. The summed E-state index contributed by atoms with van der Waals surface area (Å²) in [4.78, 5) is 27.8. The lowest BCUT2D eigenvalue weighted by atomic mass is 10.2. The van der Waals surface area contributed by atoms with Gasteiger partial charge in [0.1, 0.15) is 5.70 Å². The summed E-state index contributed by atoms with van der Waals surface area (Å²) in [5, 5.41) is 6.72. The normalized spacial score (nSPS) is 11.7. The second kappa shape index (κ2) is 8.87. The molecule has 0 aliphatic carbocycles. The molecule has 2 aromatic rings. The van der Waals surface area contributed by atoms with Crippen LogP contribution in [0.3, 0.4) is 0 Å². The molecule has 0 aliphatic heterocycles. The van der Waals surface area contributed by atoms with Gasteiger partial charge in [0.05, 0.1) is 15.1 Å². The molecular weight excluding hydrogens is 404 g/mol. The van der Waals surface area contributed by atoms with E-state index in [0.29, 0.717) is 33.7 Å². The third-order valence-electron chi connectivity index (χ3n) is 3.61. The maximum Gasteiger partial charge on any atom is 0.271 e. The van der Waals surface area contributed by atoms with Crippen LogP contribution in [-0.4, -0.2) is 39.4 Å². The first-order valence-corrected chi connectivity index (χ1v) is 9.40. The molecule has 1 N–H and O–H groups in total. The van der Waals surface area contributed by atoms with Crippen molar-refractivity contribution in [3.05, 3.63) is 52.2 Å². The van der Waals surface area contributed by atoms with Crippen LogP contribution in [0.25, 0.3) is 4.48 Å². The number of rotatable bonds is 6. The number of aromatic nitrogens is 2. The lowest BCUT2D eigenvalue weighted by Gasteiger charge is -2.21. The van der Waals surface area contributed by atoms with E-state index in [1.165, 1.54) is 11.5 Å². The largest absolute Gasteiger partial charge is 0.338 e. The fourth-order valence-corrected chi connectivity index (χ4v) is 3.57. The molecular formula is C17H19BrN4O2S. The Bertz CT molecular complexity index is 785. The van der Waals surface area contributed by atoms with E-state index in [9.17, 15) is 9.59 Å². The van der Waals surface area contributed by atoms with Gasteiger partial charge in [0.25, 0.3) is 11.8 Å². The van der Waals surface area contributed by atoms with Crippen LogP contribution in [0.15, 0.2) is 36.0 Å². The van der Waals surface area contributed by atoms with Crippen molar-refractivity contribution >= 4 is 43.8 Å². The van der Waals surface area contributed by atoms with Gasteiger partial charge in [-0.2, -0.15) is 0 Å². The Kier molecular flexibility index (Phi) is 6.83. The smallest absolute Gasteiger partial charge is 0.271 e. The predicted molar refractivity (Wildman–Crippen MR) is 102 cm³/mol. The van der Waals surface area contributed by atoms with Crippen molar-refractivity contribution in [1.82, 2.24) is 19.8 Å². The van der Waals surface area contributed by atoms with Crippen LogP contribution in [0.1, 0.15) is 34.8 Å². The molecule has 0 bridgehead atoms. The number of nitrogens with zero attached hydrogens (tertiary/aromatic N) is 3. The van der Waals surface area contributed by atoms with E-state index >= 15 is 0 Å². The number of hydrogen-bond acceptors (Lipinski definition) is 5. The Morgan fingerprint density at radius 3 is 2.36 bits per heavy atom. The van der Waals surface area contributed by atoms with Crippen molar-refractivity contribution < 1.29 is 9.59 Å². The van der Waals surface area contributed by atoms with Crippen LogP contribution in [0, 0.1) is 6.92 Å². The zero-order chi connectivity index (χ0) is 18.4. The summed E-state index contributed by atoms with van der Waals surface area (Å²) in [5.41, 5.74) is 1.36. The molecule has 2 amide bonds. The molecule has 132 valence electrons. The lowest BCUT2D eigenvalue weighted by Crippen LogP contribution is -2.38. The SMILES string of the molecule is CCN(CC)C(=O)/C(NC(=O)c1ccccc1)=C(/Br)c1snnc1C. The first-order valence-electron chi connectivity index (χ1n) is 7.84. The Morgan fingerprint density at radius 1 is 1.20 bits per heavy atom. The number of nitrogens with one attached hydrogen (secondary N) is 1. The van der Waals surface area contributed by atoms with Crippen LogP contribution in [0.2, 0.25) is 0 Å². The molecule has 2 rings (SSSR count). The topological polar surface area (TPSA) is 75.2 Å². The minimum atomic E-state index is -0.344. The highest BCUT2D eigenvalue weighted by atomic mass is 79.9. The fraction of sp³-hybridized carbons (Fsp3) is 0.294. The molecule has 1 aromatic carbocycles. The maximum atomic E-state index is 12.9. The molecule has 0 spiro atoms. The highest BCUT2D eigenvalue weighted by molar-refractivity contribution is 9.15. The highest BCUT2D eigenvalue weighted by Gasteiger charge is 2.24. The van der Waals surface area contributed by atoms with Gasteiger partial charge in [-0.3, -0.25) is 9.59 Å². The molecule has 0 radical (unpaired) electrons. The minimum absolute atomic E-state index is 0.187. The summed E-state index contributed by atoms with van der Waals surface area (Å²) in [5.74, 6) is -0.600. The summed E-state index contributed by atoms with van der Waals surface area (Å²) >= 11 is 4.62. The van der Waals surface area contributed by atoms with Crippen molar-refractivity contribution in [2.45, 2.75) is 20.8 Å². The molecule has 0 aliphatic rings. The third kappa shape index (κ3) is 4.52. The van der Waals surface area contributed by atoms with Crippen LogP contribution in [-0.2, 0) is 4.79 Å². The molecule has 0 unspecified atom stereocenters. The van der Waals surface area contributed by atoms with E-state index < -0.39 is 0 Å². The summed E-state index contributed by atoms with van der Waals surface area (Å²) in [7, 11) is 0. The third-order valence-corrected chi connectivity index (χ3v) is 5.51. The van der Waals surface area contributed by atoms with Crippen LogP contribution >= 0.6 is 27.5 Å². The number of carbonyl (C=O) groups is 2. The van der Waals surface area contributed by atoms with E-state index in [2.05, 4.69) is 30.8 Å². The van der Waals surface area contributed by atoms with E-state index in [1.807, 2.05) is 19.9 Å². The van der Waals surface area contributed by atoms with Gasteiger partial charge in [-0.05, 0) is 60.4 Å². The Hall–Kier alpha value is -2.06. The molecule has 0 saturated heterocycles. The Balaban J connectivity index is 2.44. The first kappa shape index (κ1) is 19.3. The number of likely N-dealkylation sites (N-methyl/N-ethyl adjacent to an activating group) is 1. The predicted octanol–water partition coefficient (Wildman–Crippen LogP) is 3.21. The number of carbonyl (C=O) groups excluding carboxylic acids is 2. The number of benzene rings is 1. The van der Waals surface area contributed by atoms with Crippen molar-refractivity contribution in [3.8, 4) is 0 Å². The van der Waals surface area contributed by atoms with Gasteiger partial charge >= 0.3 is 0 Å². The molecule has 0 atom stereocenters. The van der Waals surface area contributed by atoms with Crippen LogP contribution < -0.4 is 5.32 Å². The zero-order valence-corrected chi connectivity index (χ0v) is 16.6. The number of hydrogen-bond donors (Lipinski definition) is 1. The summed E-state index contributed by atoms with van der Waals surface area (Å²) in [6, 6.07) is 8.77. The van der Waals surface area contributed by atoms with Gasteiger partial charge in [-0.1, -0.05) is 22.7 Å². The molecule has 1 aromatic heterocycles. The maximum absolute atomic E-state index is 12.9. The lowest BCUT2D eigenvalue weighted by molar-refractivity contribution is -0.127. The fourth-order valence-electron chi connectivity index (χ4n) is 2.19. The summed E-state index contributed by atoms with van der Waals surface area (Å²) in [6.45, 7) is 6.68. The van der Waals surface area contributed by atoms with Crippen LogP contribution in [0.5, 0.6) is 0 Å². The molecule has 0 saturated carbocycles. The van der Waals surface area contributed by atoms with Crippen LogP contribution in [0.4, 0.5) is 0 Å². The van der Waals surface area contributed by atoms with E-state index in [0.717, 1.165) is 0 Å². The van der Waals surface area contributed by atoms with Gasteiger partial charge in [0.15, 0.2) is 0 Å². The Morgan fingerprint density at radius 2 is 1.84 bits per heavy atom. The van der Waals surface area contributed by atoms with Crippen molar-refractivity contribution in [1.29, 1.82) is 0 Å². The van der Waals surface area contributed by atoms with Gasteiger partial charge in [0, 0.05) is 18.7 Å². The monoisotopic (exact) mass is 422 g/mol. The molecule has 25 heavy (non-hydrogen) atoms. The minimum Gasteiger partial charge on any atom is -0.338 e. The number of amides is 2. The quantitative estimate of drug-likeness (QED) is 0.725. The highest BCUT2D eigenvalue weighted by Crippen LogP contribution is 2.29. The van der Waals surface area contributed by atoms with Gasteiger partial charge in [-0.15, -0.1) is 5.10 Å². The molecule has 1 heterocycles. The average molecular weight is 423 g/mol. The van der Waals surface area contributed by atoms with E-state index in [-0.39, 0.29) is 17.5 Å². The molecule has 6 nitrogen and oxygen atoms in total. The summed E-state index contributed by atoms with van der Waals surface area (Å²) in [6.07, 6.45) is 0. The van der Waals surface area contributed by atoms with Crippen molar-refractivity contribution in [2.24, 2.45) is 0 Å². The molecule has 0 fully saturated rings. The van der Waals surface area contributed by atoms with Gasteiger partial charge in [-0.25, -0.2) is 0 Å². The zero-order valence-electron chi connectivity index (χ0n) is 14.2. The second-order valence-electron chi connectivity index (χ2n) is 5.17. The van der Waals surface area contributed by atoms with Crippen molar-refractivity contribution in [3.63, 3.8) is 0 Å². The number of halogens is 1. The van der Waals surface area contributed by atoms with E-state index in [1.54, 1.807) is 36.1 Å². The standard InChI is InChI=1S/C17H19BrN4O2S/c1-4-22(5-2)17(24)14(13(18)15-11(3)20-21-25-15)19-16(23)12-9-7-6-8-10-12/h6-10H,4-5H2,1-3H3,(H,19,23)/b14-13-. The van der Waals surface area contributed by atoms with E-state index in [4.69, 9.17) is 0 Å². The Labute approximate surface area is 159 Å². The summed E-state index contributed by atoms with van der Waals surface area (Å²) < 4.78 is 4.38. The van der Waals surface area contributed by atoms with Gasteiger partial charge in [0.2, 0.25) is 0 Å². The van der Waals surface area contributed by atoms with Gasteiger partial charge < -0.3 is 10.2 Å². The number of aryl methyl sites for hydroxylation is 1. The van der Waals surface area contributed by atoms with Crippen molar-refractivity contribution in [2.75, 3.05) is 13.1 Å².